The van der Waals surface area contributed by atoms with E-state index in [1.54, 1.807) is 4.57 Å². The molecule has 178 valence electrons. The minimum Gasteiger partial charge on any atom is -0.331 e. The Morgan fingerprint density at radius 3 is 2.51 bits per heavy atom. The highest BCUT2D eigenvalue weighted by Crippen LogP contribution is 2.48. The van der Waals surface area contributed by atoms with Gasteiger partial charge in [0.15, 0.2) is 0 Å². The maximum absolute atomic E-state index is 15.3. The fourth-order valence-corrected chi connectivity index (χ4v) is 6.27. The zero-order valence-corrected chi connectivity index (χ0v) is 19.6. The molecule has 2 aliphatic heterocycles. The third kappa shape index (κ3) is 3.12. The molecule has 0 saturated heterocycles. The Balaban J connectivity index is 1.60. The fourth-order valence-electron chi connectivity index (χ4n) is 5.25. The molecular formula is C26H21F3N3O2P. The Hall–Kier alpha value is -3.38. The van der Waals surface area contributed by atoms with Crippen molar-refractivity contribution in [3.8, 4) is 11.1 Å². The number of benzene rings is 3. The van der Waals surface area contributed by atoms with Crippen LogP contribution in [0, 0.1) is 17.5 Å². The molecule has 3 aromatic carbocycles. The quantitative estimate of drug-likeness (QED) is 0.344. The van der Waals surface area contributed by atoms with Gasteiger partial charge in [0.1, 0.15) is 30.4 Å². The number of imidazole rings is 1. The first kappa shape index (κ1) is 18.9. The predicted octanol–water partition coefficient (Wildman–Crippen LogP) is 5.49. The normalized spacial score (nSPS) is 20.8. The largest absolute Gasteiger partial charge is 0.331 e. The molecule has 6 rings (SSSR count). The van der Waals surface area contributed by atoms with Crippen molar-refractivity contribution in [1.82, 2.24) is 14.5 Å². The van der Waals surface area contributed by atoms with Crippen LogP contribution in [0.2, 0.25) is 0 Å². The van der Waals surface area contributed by atoms with Crippen LogP contribution >= 0.6 is 7.14 Å². The molecule has 2 aliphatic rings. The van der Waals surface area contributed by atoms with Crippen LogP contribution in [0.3, 0.4) is 0 Å². The lowest BCUT2D eigenvalue weighted by molar-refractivity contribution is 0.0734. The average Bonchev–Trinajstić information content (AvgIpc) is 3.29. The van der Waals surface area contributed by atoms with Gasteiger partial charge < -0.3 is 14.0 Å². The van der Waals surface area contributed by atoms with Gasteiger partial charge in [-0.1, -0.05) is 12.1 Å². The molecule has 0 spiro atoms. The first-order chi connectivity index (χ1) is 17.8. The van der Waals surface area contributed by atoms with Gasteiger partial charge in [-0.15, -0.1) is 0 Å². The van der Waals surface area contributed by atoms with E-state index in [2.05, 4.69) is 4.98 Å². The van der Waals surface area contributed by atoms with Crippen molar-refractivity contribution < 1.29 is 26.6 Å². The number of fused-ring (bicyclic) bond motifs is 9. The van der Waals surface area contributed by atoms with E-state index in [0.717, 1.165) is 17.0 Å². The summed E-state index contributed by atoms with van der Waals surface area (Å²) in [5.74, 6) is -2.69. The third-order valence-electron chi connectivity index (χ3n) is 6.85. The SMILES string of the molecule is [2H]C([2H])([2H])N1C(=O)c2cccc(F)c2[C@H]2C[C@@H]1c1nc3cc(F)c(-c4ccc(P(C)(C)=O)c(F)c4)cc3n12. The van der Waals surface area contributed by atoms with Gasteiger partial charge in [-0.3, -0.25) is 4.79 Å². The molecule has 3 heterocycles. The molecule has 5 nitrogen and oxygen atoms in total. The maximum Gasteiger partial charge on any atom is 0.254 e. The van der Waals surface area contributed by atoms with E-state index in [0.29, 0.717) is 5.52 Å². The number of rotatable bonds is 2. The predicted molar refractivity (Wildman–Crippen MR) is 128 cm³/mol. The van der Waals surface area contributed by atoms with Crippen molar-refractivity contribution in [2.24, 2.45) is 0 Å². The summed E-state index contributed by atoms with van der Waals surface area (Å²) in [7, 11) is -2.89. The van der Waals surface area contributed by atoms with Crippen molar-refractivity contribution in [3.63, 3.8) is 0 Å². The van der Waals surface area contributed by atoms with Crippen molar-refractivity contribution in [2.75, 3.05) is 20.3 Å². The molecule has 0 fully saturated rings. The topological polar surface area (TPSA) is 55.2 Å². The van der Waals surface area contributed by atoms with Crippen LogP contribution in [-0.4, -0.2) is 40.7 Å². The van der Waals surface area contributed by atoms with E-state index in [-0.39, 0.29) is 45.3 Å². The van der Waals surface area contributed by atoms with Gasteiger partial charge in [-0.2, -0.15) is 0 Å². The van der Waals surface area contributed by atoms with Crippen LogP contribution in [0.1, 0.15) is 44.4 Å². The zero-order chi connectivity index (χ0) is 27.3. The lowest BCUT2D eigenvalue weighted by Crippen LogP contribution is -2.30. The maximum atomic E-state index is 15.3. The summed E-state index contributed by atoms with van der Waals surface area (Å²) in [6, 6.07) is 8.79. The molecule has 4 aromatic rings. The van der Waals surface area contributed by atoms with Gasteiger partial charge in [0.25, 0.3) is 5.91 Å². The summed E-state index contributed by atoms with van der Waals surface area (Å²) in [4.78, 5) is 18.5. The highest BCUT2D eigenvalue weighted by Gasteiger charge is 2.44. The molecule has 0 saturated carbocycles. The average molecular weight is 498 g/mol. The van der Waals surface area contributed by atoms with E-state index in [1.165, 1.54) is 49.7 Å². The Morgan fingerprint density at radius 2 is 1.80 bits per heavy atom. The summed E-state index contributed by atoms with van der Waals surface area (Å²) >= 11 is 0. The summed E-state index contributed by atoms with van der Waals surface area (Å²) < 4.78 is 83.4. The Labute approximate surface area is 203 Å². The Bertz CT molecular complexity index is 1730. The molecular weight excluding hydrogens is 474 g/mol. The summed E-state index contributed by atoms with van der Waals surface area (Å²) in [5, 5.41) is 0.0551. The molecule has 2 bridgehead atoms. The van der Waals surface area contributed by atoms with Gasteiger partial charge in [-0.05, 0) is 49.2 Å². The Kier molecular flexibility index (Phi) is 3.94. The summed E-state index contributed by atoms with van der Waals surface area (Å²) in [6.07, 6.45) is 0.0780. The van der Waals surface area contributed by atoms with Gasteiger partial charge >= 0.3 is 0 Å². The molecule has 1 aromatic heterocycles. The number of nitrogens with zero attached hydrogens (tertiary/aromatic N) is 3. The Morgan fingerprint density at radius 1 is 1.00 bits per heavy atom. The summed E-state index contributed by atoms with van der Waals surface area (Å²) in [6.45, 7) is 0.0531. The third-order valence-corrected chi connectivity index (χ3v) is 8.37. The van der Waals surface area contributed by atoms with E-state index < -0.39 is 49.6 Å². The lowest BCUT2D eigenvalue weighted by atomic mass is 9.98. The van der Waals surface area contributed by atoms with Crippen molar-refractivity contribution in [1.29, 1.82) is 0 Å². The molecule has 1 amide bonds. The summed E-state index contributed by atoms with van der Waals surface area (Å²) in [5.41, 5.74) is 0.833. The van der Waals surface area contributed by atoms with Gasteiger partial charge in [0, 0.05) is 45.6 Å². The number of hydrogen-bond donors (Lipinski definition) is 0. The number of halogens is 3. The van der Waals surface area contributed by atoms with Gasteiger partial charge in [0.2, 0.25) is 0 Å². The van der Waals surface area contributed by atoms with E-state index >= 15 is 8.78 Å². The first-order valence-electron chi connectivity index (χ1n) is 12.5. The second kappa shape index (κ2) is 7.31. The molecule has 0 radical (unpaired) electrons. The fraction of sp³-hybridized carbons (Fsp3) is 0.231. The smallest absolute Gasteiger partial charge is 0.254 e. The standard InChI is InChI=1S/C26H21F3N3O2P/c1-31-22-12-21(24-14(26(31)33)5-4-6-16(24)27)32-20-10-15(17(28)11-19(20)30-25(22)32)13-7-8-23(18(29)9-13)35(2,3)34/h4-11,21-22H,12H2,1-3H3/t21-,22-/m1/s1/i1D3. The van der Waals surface area contributed by atoms with Crippen LogP contribution in [0.15, 0.2) is 48.5 Å². The lowest BCUT2D eigenvalue weighted by Gasteiger charge is -2.23. The monoisotopic (exact) mass is 498 g/mol. The molecule has 35 heavy (non-hydrogen) atoms. The zero-order valence-electron chi connectivity index (χ0n) is 21.7. The number of aromatic nitrogens is 2. The first-order valence-corrected chi connectivity index (χ1v) is 13.6. The second-order valence-corrected chi connectivity index (χ2v) is 12.5. The number of carbonyl (C=O) groups is 1. The molecule has 9 heteroatoms. The van der Waals surface area contributed by atoms with E-state index in [4.69, 9.17) is 4.11 Å². The van der Waals surface area contributed by atoms with Crippen molar-refractivity contribution >= 4 is 29.4 Å². The van der Waals surface area contributed by atoms with Crippen molar-refractivity contribution in [3.05, 3.63) is 82.9 Å². The minimum atomic E-state index is -2.89. The number of carbonyl (C=O) groups excluding carboxylic acids is 1. The molecule has 0 N–H and O–H groups in total. The molecule has 2 atom stereocenters. The number of amides is 1. The van der Waals surface area contributed by atoms with Gasteiger partial charge in [-0.25, -0.2) is 18.2 Å². The van der Waals surface area contributed by atoms with Crippen LogP contribution in [0.25, 0.3) is 22.2 Å². The molecule has 0 aliphatic carbocycles. The second-order valence-electron chi connectivity index (χ2n) is 9.32. The van der Waals surface area contributed by atoms with Gasteiger partial charge in [0.05, 0.1) is 23.1 Å². The highest BCUT2D eigenvalue weighted by molar-refractivity contribution is 7.70. The van der Waals surface area contributed by atoms with E-state index in [1.807, 2.05) is 0 Å². The van der Waals surface area contributed by atoms with E-state index in [9.17, 15) is 13.8 Å². The highest BCUT2D eigenvalue weighted by atomic mass is 31.2. The van der Waals surface area contributed by atoms with Crippen LogP contribution in [0.5, 0.6) is 0 Å². The molecule has 0 unspecified atom stereocenters. The van der Waals surface area contributed by atoms with Crippen LogP contribution in [-0.2, 0) is 4.57 Å². The van der Waals surface area contributed by atoms with Crippen LogP contribution in [0.4, 0.5) is 13.2 Å². The minimum absolute atomic E-state index is 0.0458. The number of hydrogen-bond acceptors (Lipinski definition) is 3. The van der Waals surface area contributed by atoms with Crippen LogP contribution < -0.4 is 5.30 Å². The van der Waals surface area contributed by atoms with Crippen molar-refractivity contribution in [2.45, 2.75) is 18.5 Å².